The summed E-state index contributed by atoms with van der Waals surface area (Å²) in [6.07, 6.45) is 0. The van der Waals surface area contributed by atoms with Crippen LogP contribution in [0.2, 0.25) is 0 Å². The van der Waals surface area contributed by atoms with Crippen LogP contribution in [0.1, 0.15) is 10.4 Å². The van der Waals surface area contributed by atoms with Gasteiger partial charge in [-0.05, 0) is 40.2 Å². The fourth-order valence-electron chi connectivity index (χ4n) is 1.75. The predicted molar refractivity (Wildman–Crippen MR) is 83.3 cm³/mol. The lowest BCUT2D eigenvalue weighted by Crippen LogP contribution is -2.12. The molecule has 0 aliphatic heterocycles. The van der Waals surface area contributed by atoms with Gasteiger partial charge in [0.25, 0.3) is 5.91 Å². The van der Waals surface area contributed by atoms with Gasteiger partial charge in [0, 0.05) is 16.6 Å². The molecule has 6 heteroatoms. The third-order valence-electron chi connectivity index (χ3n) is 2.87. The largest absolute Gasteiger partial charge is 0.507 e. The maximum Gasteiger partial charge on any atom is 0.259 e. The third kappa shape index (κ3) is 3.46. The molecule has 2 rings (SSSR count). The van der Waals surface area contributed by atoms with E-state index in [2.05, 4.69) is 21.2 Å². The minimum atomic E-state index is -0.427. The zero-order valence-corrected chi connectivity index (χ0v) is 13.1. The monoisotopic (exact) mass is 351 g/mol. The van der Waals surface area contributed by atoms with Gasteiger partial charge in [0.15, 0.2) is 0 Å². The zero-order chi connectivity index (χ0) is 15.4. The highest BCUT2D eigenvalue weighted by Crippen LogP contribution is 2.29. The van der Waals surface area contributed by atoms with Crippen molar-refractivity contribution in [3.05, 3.63) is 46.4 Å². The molecule has 21 heavy (non-hydrogen) atoms. The summed E-state index contributed by atoms with van der Waals surface area (Å²) in [6, 6.07) is 9.71. The van der Waals surface area contributed by atoms with E-state index in [-0.39, 0.29) is 11.3 Å². The molecule has 110 valence electrons. The molecule has 2 N–H and O–H groups in total. The number of nitrogens with one attached hydrogen (secondary N) is 1. The molecule has 1 amide bonds. The maximum absolute atomic E-state index is 12.2. The molecule has 0 aliphatic carbocycles. The molecule has 0 bridgehead atoms. The third-order valence-corrected chi connectivity index (χ3v) is 3.56. The topological polar surface area (TPSA) is 67.8 Å². The van der Waals surface area contributed by atoms with Crippen molar-refractivity contribution in [3.8, 4) is 17.2 Å². The van der Waals surface area contributed by atoms with E-state index in [1.54, 1.807) is 31.4 Å². The number of rotatable bonds is 4. The second kappa shape index (κ2) is 6.49. The summed E-state index contributed by atoms with van der Waals surface area (Å²) in [5.74, 6) is 0.522. The zero-order valence-electron chi connectivity index (χ0n) is 11.5. The Morgan fingerprint density at radius 2 is 1.71 bits per heavy atom. The number of amides is 1. The molecular weight excluding hydrogens is 338 g/mol. The van der Waals surface area contributed by atoms with E-state index in [9.17, 15) is 9.90 Å². The molecule has 0 spiro atoms. The Kier molecular flexibility index (Phi) is 4.70. The molecule has 0 fully saturated rings. The van der Waals surface area contributed by atoms with Crippen molar-refractivity contribution in [2.75, 3.05) is 19.5 Å². The summed E-state index contributed by atoms with van der Waals surface area (Å²) in [5.41, 5.74) is 0.708. The first-order chi connectivity index (χ1) is 10.0. The Labute approximate surface area is 130 Å². The number of halogens is 1. The van der Waals surface area contributed by atoms with Crippen LogP contribution in [0.4, 0.5) is 5.69 Å². The normalized spacial score (nSPS) is 10.0. The van der Waals surface area contributed by atoms with Gasteiger partial charge in [0.1, 0.15) is 17.2 Å². The molecule has 0 unspecified atom stereocenters. The van der Waals surface area contributed by atoms with Crippen molar-refractivity contribution >= 4 is 27.5 Å². The lowest BCUT2D eigenvalue weighted by molar-refractivity contribution is 0.102. The smallest absolute Gasteiger partial charge is 0.259 e. The number of methoxy groups -OCH3 is 2. The van der Waals surface area contributed by atoms with E-state index in [0.717, 1.165) is 0 Å². The fraction of sp³-hybridized carbons (Fsp3) is 0.133. The van der Waals surface area contributed by atoms with Gasteiger partial charge in [-0.3, -0.25) is 4.79 Å². The van der Waals surface area contributed by atoms with Gasteiger partial charge >= 0.3 is 0 Å². The number of phenolic OH excluding ortho intramolecular Hbond substituents is 1. The van der Waals surface area contributed by atoms with Crippen LogP contribution >= 0.6 is 15.9 Å². The minimum absolute atomic E-state index is 0.147. The standard InChI is InChI=1S/C15H14BrNO4/c1-20-9-4-6-12(16)13(7-9)17-15(19)11-5-3-10(21-2)8-14(11)18/h3-8,18H,1-2H3,(H,17,19). The first-order valence-corrected chi connectivity index (χ1v) is 6.86. The molecule has 0 aromatic heterocycles. The summed E-state index contributed by atoms with van der Waals surface area (Å²) in [7, 11) is 3.03. The van der Waals surface area contributed by atoms with Crippen LogP contribution in [0, 0.1) is 0 Å². The van der Waals surface area contributed by atoms with E-state index >= 15 is 0 Å². The fourth-order valence-corrected chi connectivity index (χ4v) is 2.09. The molecule has 0 saturated carbocycles. The number of carbonyl (C=O) groups excluding carboxylic acids is 1. The molecular formula is C15H14BrNO4. The van der Waals surface area contributed by atoms with Crippen molar-refractivity contribution in [1.82, 2.24) is 0 Å². The molecule has 0 saturated heterocycles. The summed E-state index contributed by atoms with van der Waals surface area (Å²) in [6.45, 7) is 0. The van der Waals surface area contributed by atoms with Crippen LogP contribution in [0.15, 0.2) is 40.9 Å². The number of hydrogen-bond acceptors (Lipinski definition) is 4. The predicted octanol–water partition coefficient (Wildman–Crippen LogP) is 3.42. The summed E-state index contributed by atoms with van der Waals surface area (Å²) >= 11 is 3.35. The molecule has 2 aromatic rings. The van der Waals surface area contributed by atoms with E-state index in [1.165, 1.54) is 19.2 Å². The second-order valence-corrected chi connectivity index (χ2v) is 5.04. The van der Waals surface area contributed by atoms with Gasteiger partial charge in [-0.2, -0.15) is 0 Å². The maximum atomic E-state index is 12.2. The lowest BCUT2D eigenvalue weighted by Gasteiger charge is -2.11. The minimum Gasteiger partial charge on any atom is -0.507 e. The number of aromatic hydroxyl groups is 1. The molecule has 0 aliphatic rings. The number of benzene rings is 2. The Morgan fingerprint density at radius 1 is 1.10 bits per heavy atom. The molecule has 0 radical (unpaired) electrons. The van der Waals surface area contributed by atoms with Crippen LogP contribution in [0.3, 0.4) is 0 Å². The highest BCUT2D eigenvalue weighted by molar-refractivity contribution is 9.10. The van der Waals surface area contributed by atoms with E-state index in [1.807, 2.05) is 0 Å². The molecule has 5 nitrogen and oxygen atoms in total. The Balaban J connectivity index is 2.26. The van der Waals surface area contributed by atoms with Gasteiger partial charge in [0.2, 0.25) is 0 Å². The number of ether oxygens (including phenoxy) is 2. The number of carbonyl (C=O) groups is 1. The second-order valence-electron chi connectivity index (χ2n) is 4.18. The van der Waals surface area contributed by atoms with Crippen molar-refractivity contribution in [2.45, 2.75) is 0 Å². The first kappa shape index (κ1) is 15.2. The highest BCUT2D eigenvalue weighted by Gasteiger charge is 2.14. The van der Waals surface area contributed by atoms with Crippen LogP contribution in [0.5, 0.6) is 17.2 Å². The molecule has 2 aromatic carbocycles. The van der Waals surface area contributed by atoms with Gasteiger partial charge < -0.3 is 19.9 Å². The average Bonchev–Trinajstić information content (AvgIpc) is 2.49. The van der Waals surface area contributed by atoms with E-state index < -0.39 is 5.91 Å². The van der Waals surface area contributed by atoms with Gasteiger partial charge in [-0.1, -0.05) is 0 Å². The van der Waals surface area contributed by atoms with Crippen molar-refractivity contribution in [1.29, 1.82) is 0 Å². The van der Waals surface area contributed by atoms with E-state index in [4.69, 9.17) is 9.47 Å². The van der Waals surface area contributed by atoms with Crippen LogP contribution in [0.25, 0.3) is 0 Å². The van der Waals surface area contributed by atoms with E-state index in [0.29, 0.717) is 21.7 Å². The van der Waals surface area contributed by atoms with Crippen molar-refractivity contribution < 1.29 is 19.4 Å². The Bertz CT molecular complexity index is 673. The van der Waals surface area contributed by atoms with Crippen molar-refractivity contribution in [2.24, 2.45) is 0 Å². The highest BCUT2D eigenvalue weighted by atomic mass is 79.9. The summed E-state index contributed by atoms with van der Waals surface area (Å²) in [4.78, 5) is 12.2. The number of phenols is 1. The van der Waals surface area contributed by atoms with Gasteiger partial charge in [-0.25, -0.2) is 0 Å². The van der Waals surface area contributed by atoms with Crippen LogP contribution in [-0.2, 0) is 0 Å². The Morgan fingerprint density at radius 3 is 2.33 bits per heavy atom. The first-order valence-electron chi connectivity index (χ1n) is 6.07. The van der Waals surface area contributed by atoms with Crippen molar-refractivity contribution in [3.63, 3.8) is 0 Å². The van der Waals surface area contributed by atoms with Gasteiger partial charge in [-0.15, -0.1) is 0 Å². The quantitative estimate of drug-likeness (QED) is 0.885. The number of anilines is 1. The average molecular weight is 352 g/mol. The molecule has 0 heterocycles. The van der Waals surface area contributed by atoms with Gasteiger partial charge in [0.05, 0.1) is 25.5 Å². The van der Waals surface area contributed by atoms with Crippen LogP contribution < -0.4 is 14.8 Å². The molecule has 0 atom stereocenters. The summed E-state index contributed by atoms with van der Waals surface area (Å²) in [5, 5.41) is 12.6. The SMILES string of the molecule is COc1ccc(C(=O)Nc2cc(OC)ccc2Br)c(O)c1. The number of hydrogen-bond donors (Lipinski definition) is 2. The lowest BCUT2D eigenvalue weighted by atomic mass is 10.1. The summed E-state index contributed by atoms with van der Waals surface area (Å²) < 4.78 is 10.8. The Hall–Kier alpha value is -2.21. The van der Waals surface area contributed by atoms with Crippen LogP contribution in [-0.4, -0.2) is 25.2 Å².